The molecule has 0 spiro atoms. The molecule has 0 aliphatic rings. The quantitative estimate of drug-likeness (QED) is 0.797. The van der Waals surface area contributed by atoms with Gasteiger partial charge in [-0.25, -0.2) is 4.98 Å². The minimum Gasteiger partial charge on any atom is -0.301 e. The molecule has 0 saturated heterocycles. The molecular weight excluding hydrogens is 188 g/mol. The Morgan fingerprint density at radius 3 is 3.00 bits per heavy atom. The summed E-state index contributed by atoms with van der Waals surface area (Å²) in [5.74, 6) is 0. The van der Waals surface area contributed by atoms with E-state index in [4.69, 9.17) is 5.26 Å². The van der Waals surface area contributed by atoms with Gasteiger partial charge in [-0.2, -0.15) is 5.26 Å². The molecule has 0 aliphatic carbocycles. The Hall–Kier alpha value is -1.86. The lowest BCUT2D eigenvalue weighted by molar-refractivity contribution is 0.692. The normalized spacial score (nSPS) is 12.6. The summed E-state index contributed by atoms with van der Waals surface area (Å²) < 4.78 is 1.94. The first-order valence-corrected chi connectivity index (χ1v) is 4.78. The number of hydrogen-bond acceptors (Lipinski definition) is 3. The van der Waals surface area contributed by atoms with E-state index in [0.717, 1.165) is 17.0 Å². The number of hydrogen-bond donors (Lipinski definition) is 1. The molecule has 0 aliphatic heterocycles. The van der Waals surface area contributed by atoms with Crippen LogP contribution in [-0.4, -0.2) is 16.4 Å². The standard InChI is InChI=1S/C11H12N4/c1-8-11(9(7-12)13-2)15-6-4-3-5-10(15)14-8/h3-6,9,13H,1-2H3. The molecular formula is C11H12N4. The van der Waals surface area contributed by atoms with Gasteiger partial charge in [-0.15, -0.1) is 0 Å². The topological polar surface area (TPSA) is 53.1 Å². The summed E-state index contributed by atoms with van der Waals surface area (Å²) in [5.41, 5.74) is 2.68. The molecule has 0 amide bonds. The van der Waals surface area contributed by atoms with E-state index in [9.17, 15) is 0 Å². The van der Waals surface area contributed by atoms with E-state index in [-0.39, 0.29) is 6.04 Å². The van der Waals surface area contributed by atoms with Crippen LogP contribution in [0.5, 0.6) is 0 Å². The van der Waals surface area contributed by atoms with Crippen molar-refractivity contribution < 1.29 is 0 Å². The maximum atomic E-state index is 9.03. The molecule has 1 unspecified atom stereocenters. The largest absolute Gasteiger partial charge is 0.301 e. The smallest absolute Gasteiger partial charge is 0.138 e. The van der Waals surface area contributed by atoms with Crippen LogP contribution in [0.4, 0.5) is 0 Å². The van der Waals surface area contributed by atoms with Crippen molar-refractivity contribution in [1.82, 2.24) is 14.7 Å². The lowest BCUT2D eigenvalue weighted by atomic mass is 10.2. The van der Waals surface area contributed by atoms with Gasteiger partial charge in [0.2, 0.25) is 0 Å². The summed E-state index contributed by atoms with van der Waals surface area (Å²) in [6, 6.07) is 7.70. The number of aromatic nitrogens is 2. The van der Waals surface area contributed by atoms with Crippen molar-refractivity contribution in [1.29, 1.82) is 5.26 Å². The third-order valence-corrected chi connectivity index (χ3v) is 2.44. The van der Waals surface area contributed by atoms with Gasteiger partial charge >= 0.3 is 0 Å². The Morgan fingerprint density at radius 1 is 1.53 bits per heavy atom. The van der Waals surface area contributed by atoms with Gasteiger partial charge in [-0.1, -0.05) is 6.07 Å². The fourth-order valence-corrected chi connectivity index (χ4v) is 1.74. The molecule has 15 heavy (non-hydrogen) atoms. The highest BCUT2D eigenvalue weighted by atomic mass is 15.1. The highest BCUT2D eigenvalue weighted by Crippen LogP contribution is 2.18. The number of pyridine rings is 1. The van der Waals surface area contributed by atoms with E-state index in [1.807, 2.05) is 35.7 Å². The van der Waals surface area contributed by atoms with Crippen LogP contribution in [0.1, 0.15) is 17.4 Å². The Morgan fingerprint density at radius 2 is 2.33 bits per heavy atom. The second kappa shape index (κ2) is 3.71. The van der Waals surface area contributed by atoms with Crippen molar-refractivity contribution in [2.75, 3.05) is 7.05 Å². The van der Waals surface area contributed by atoms with Gasteiger partial charge in [0.15, 0.2) is 0 Å². The number of rotatable bonds is 2. The van der Waals surface area contributed by atoms with Crippen LogP contribution in [0.3, 0.4) is 0 Å². The van der Waals surface area contributed by atoms with E-state index in [2.05, 4.69) is 16.4 Å². The van der Waals surface area contributed by atoms with Crippen molar-refractivity contribution in [3.8, 4) is 6.07 Å². The predicted molar refractivity (Wildman–Crippen MR) is 57.3 cm³/mol. The van der Waals surface area contributed by atoms with Crippen molar-refractivity contribution in [3.63, 3.8) is 0 Å². The minimum absolute atomic E-state index is 0.317. The highest BCUT2D eigenvalue weighted by molar-refractivity contribution is 5.44. The molecule has 1 atom stereocenters. The monoisotopic (exact) mass is 200 g/mol. The van der Waals surface area contributed by atoms with E-state index in [1.54, 1.807) is 7.05 Å². The molecule has 76 valence electrons. The molecule has 0 aromatic carbocycles. The average Bonchev–Trinajstić information content (AvgIpc) is 2.58. The lowest BCUT2D eigenvalue weighted by Gasteiger charge is -2.08. The Labute approximate surface area is 88.2 Å². The second-order valence-electron chi connectivity index (χ2n) is 3.36. The van der Waals surface area contributed by atoms with E-state index in [1.165, 1.54) is 0 Å². The van der Waals surface area contributed by atoms with Crippen LogP contribution in [0.15, 0.2) is 24.4 Å². The summed E-state index contributed by atoms with van der Waals surface area (Å²) in [6.07, 6.45) is 1.92. The number of aryl methyl sites for hydroxylation is 1. The third-order valence-electron chi connectivity index (χ3n) is 2.44. The van der Waals surface area contributed by atoms with Crippen LogP contribution in [0, 0.1) is 18.3 Å². The van der Waals surface area contributed by atoms with Crippen LogP contribution < -0.4 is 5.32 Å². The summed E-state index contributed by atoms with van der Waals surface area (Å²) in [6.45, 7) is 1.92. The SMILES string of the molecule is CNC(C#N)c1c(C)nc2ccccn12. The second-order valence-corrected chi connectivity index (χ2v) is 3.36. The Balaban J connectivity index is 2.69. The summed E-state index contributed by atoms with van der Waals surface area (Å²) in [7, 11) is 1.77. The zero-order chi connectivity index (χ0) is 10.8. The van der Waals surface area contributed by atoms with Crippen LogP contribution in [0.2, 0.25) is 0 Å². The van der Waals surface area contributed by atoms with E-state index in [0.29, 0.717) is 0 Å². The molecule has 2 rings (SSSR count). The molecule has 2 aromatic rings. The number of imidazole rings is 1. The van der Waals surface area contributed by atoms with Crippen LogP contribution >= 0.6 is 0 Å². The first-order valence-electron chi connectivity index (χ1n) is 4.78. The number of nitriles is 1. The van der Waals surface area contributed by atoms with Crippen LogP contribution in [-0.2, 0) is 0 Å². The first kappa shape index (κ1) is 9.69. The lowest BCUT2D eigenvalue weighted by Crippen LogP contribution is -2.17. The number of nitrogens with one attached hydrogen (secondary N) is 1. The van der Waals surface area contributed by atoms with Gasteiger partial charge in [0, 0.05) is 6.20 Å². The van der Waals surface area contributed by atoms with Crippen molar-refractivity contribution in [3.05, 3.63) is 35.8 Å². The molecule has 0 radical (unpaired) electrons. The predicted octanol–water partition coefficient (Wildman–Crippen LogP) is 1.43. The van der Waals surface area contributed by atoms with E-state index >= 15 is 0 Å². The zero-order valence-corrected chi connectivity index (χ0v) is 8.73. The maximum Gasteiger partial charge on any atom is 0.138 e. The van der Waals surface area contributed by atoms with Gasteiger partial charge in [-0.05, 0) is 26.1 Å². The maximum absolute atomic E-state index is 9.03. The van der Waals surface area contributed by atoms with Gasteiger partial charge in [-0.3, -0.25) is 5.32 Å². The van der Waals surface area contributed by atoms with E-state index < -0.39 is 0 Å². The Kier molecular flexibility index (Phi) is 2.40. The van der Waals surface area contributed by atoms with Gasteiger partial charge < -0.3 is 4.40 Å². The number of fused-ring (bicyclic) bond motifs is 1. The summed E-state index contributed by atoms with van der Waals surface area (Å²) in [5, 5.41) is 12.0. The zero-order valence-electron chi connectivity index (χ0n) is 8.73. The highest BCUT2D eigenvalue weighted by Gasteiger charge is 2.16. The fraction of sp³-hybridized carbons (Fsp3) is 0.273. The summed E-state index contributed by atoms with van der Waals surface area (Å²) >= 11 is 0. The van der Waals surface area contributed by atoms with Crippen molar-refractivity contribution in [2.45, 2.75) is 13.0 Å². The summed E-state index contributed by atoms with van der Waals surface area (Å²) in [4.78, 5) is 4.40. The fourth-order valence-electron chi connectivity index (χ4n) is 1.74. The first-order chi connectivity index (χ1) is 7.27. The van der Waals surface area contributed by atoms with Gasteiger partial charge in [0.1, 0.15) is 11.7 Å². The molecule has 2 aromatic heterocycles. The number of nitrogens with zero attached hydrogens (tertiary/aromatic N) is 3. The molecule has 0 bridgehead atoms. The molecule has 0 fully saturated rings. The van der Waals surface area contributed by atoms with Gasteiger partial charge in [0.05, 0.1) is 17.5 Å². The minimum atomic E-state index is -0.317. The van der Waals surface area contributed by atoms with Crippen LogP contribution in [0.25, 0.3) is 5.65 Å². The average molecular weight is 200 g/mol. The Bertz CT molecular complexity index is 521. The molecule has 1 N–H and O–H groups in total. The molecule has 0 saturated carbocycles. The molecule has 4 heteroatoms. The van der Waals surface area contributed by atoms with Crippen molar-refractivity contribution in [2.24, 2.45) is 0 Å². The van der Waals surface area contributed by atoms with Gasteiger partial charge in [0.25, 0.3) is 0 Å². The van der Waals surface area contributed by atoms with Crippen molar-refractivity contribution >= 4 is 5.65 Å². The molecule has 4 nitrogen and oxygen atoms in total. The molecule has 2 heterocycles. The third kappa shape index (κ3) is 1.47.